The molecule has 6 heteroatoms. The Hall–Kier alpha value is -1.66. The Morgan fingerprint density at radius 3 is 2.60 bits per heavy atom. The van der Waals surface area contributed by atoms with Gasteiger partial charge in [0.05, 0.1) is 4.90 Å². The normalized spacial score (nSPS) is 13.3. The summed E-state index contributed by atoms with van der Waals surface area (Å²) < 4.78 is 28.7. The van der Waals surface area contributed by atoms with Crippen molar-refractivity contribution in [3.8, 4) is 0 Å². The average Bonchev–Trinajstić information content (AvgIpc) is 2.90. The Labute approximate surface area is 119 Å². The first-order chi connectivity index (χ1) is 9.47. The summed E-state index contributed by atoms with van der Waals surface area (Å²) in [6.07, 6.45) is 3.58. The predicted molar refractivity (Wildman–Crippen MR) is 77.8 cm³/mol. The molecule has 0 radical (unpaired) electrons. The fourth-order valence-corrected chi connectivity index (χ4v) is 3.01. The predicted octanol–water partition coefficient (Wildman–Crippen LogP) is 1.81. The van der Waals surface area contributed by atoms with E-state index in [-0.39, 0.29) is 5.92 Å². The average molecular weight is 293 g/mol. The van der Waals surface area contributed by atoms with Crippen LogP contribution in [0.5, 0.6) is 0 Å². The largest absolute Gasteiger partial charge is 0.272 e. The molecular weight excluding hydrogens is 274 g/mol. The number of rotatable bonds is 6. The Balaban J connectivity index is 1.93. The number of hydrogen-bond acceptors (Lipinski definition) is 3. The van der Waals surface area contributed by atoms with Crippen LogP contribution >= 0.6 is 0 Å². The monoisotopic (exact) mass is 293 g/mol. The summed E-state index contributed by atoms with van der Waals surface area (Å²) in [4.78, 5) is 0.300. The summed E-state index contributed by atoms with van der Waals surface area (Å²) in [5.41, 5.74) is 1.04. The molecule has 0 bridgehead atoms. The van der Waals surface area contributed by atoms with Gasteiger partial charge in [-0.2, -0.15) is 5.10 Å². The molecule has 1 N–H and O–H groups in total. The fraction of sp³-hybridized carbons (Fsp3) is 0.357. The highest BCUT2D eigenvalue weighted by molar-refractivity contribution is 7.89. The van der Waals surface area contributed by atoms with Crippen molar-refractivity contribution in [3.05, 3.63) is 48.3 Å². The van der Waals surface area contributed by atoms with Crippen molar-refractivity contribution in [3.63, 3.8) is 0 Å². The maximum absolute atomic E-state index is 12.1. The van der Waals surface area contributed by atoms with Gasteiger partial charge in [-0.05, 0) is 31.0 Å². The summed E-state index contributed by atoms with van der Waals surface area (Å²) in [6.45, 7) is 4.98. The van der Waals surface area contributed by atoms with E-state index in [1.165, 1.54) is 0 Å². The molecule has 0 saturated heterocycles. The van der Waals surface area contributed by atoms with E-state index < -0.39 is 10.0 Å². The summed E-state index contributed by atoms with van der Waals surface area (Å²) >= 11 is 0. The van der Waals surface area contributed by atoms with Crippen molar-refractivity contribution < 1.29 is 8.42 Å². The highest BCUT2D eigenvalue weighted by Gasteiger charge is 2.15. The van der Waals surface area contributed by atoms with Crippen molar-refractivity contribution >= 4 is 10.0 Å². The van der Waals surface area contributed by atoms with Crippen molar-refractivity contribution in [1.82, 2.24) is 14.5 Å². The zero-order chi connectivity index (χ0) is 14.6. The molecule has 1 aromatic heterocycles. The molecule has 2 rings (SSSR count). The molecule has 2 aromatic rings. The quantitative estimate of drug-likeness (QED) is 0.883. The lowest BCUT2D eigenvalue weighted by Crippen LogP contribution is -2.30. The number of aryl methyl sites for hydroxylation is 1. The van der Waals surface area contributed by atoms with E-state index in [0.717, 1.165) is 5.56 Å². The van der Waals surface area contributed by atoms with Gasteiger partial charge in [0.1, 0.15) is 0 Å². The molecule has 0 aliphatic heterocycles. The standard InChI is InChI=1S/C14H19N3O2S/c1-12-4-6-14(7-5-12)20(18,19)16-10-13(2)11-17-9-3-8-15-17/h3-9,13,16H,10-11H2,1-2H3. The van der Waals surface area contributed by atoms with Gasteiger partial charge >= 0.3 is 0 Å². The smallest absolute Gasteiger partial charge is 0.240 e. The Morgan fingerprint density at radius 1 is 1.30 bits per heavy atom. The van der Waals surface area contributed by atoms with E-state index in [2.05, 4.69) is 9.82 Å². The van der Waals surface area contributed by atoms with Crippen LogP contribution in [-0.4, -0.2) is 24.7 Å². The fourth-order valence-electron chi connectivity index (χ4n) is 1.85. The first-order valence-electron chi connectivity index (χ1n) is 6.51. The Kier molecular flexibility index (Phi) is 4.57. The highest BCUT2D eigenvalue weighted by atomic mass is 32.2. The number of nitrogens with one attached hydrogen (secondary N) is 1. The molecule has 0 spiro atoms. The molecule has 1 atom stereocenters. The van der Waals surface area contributed by atoms with Crippen LogP contribution < -0.4 is 4.72 Å². The van der Waals surface area contributed by atoms with Crippen LogP contribution in [0, 0.1) is 12.8 Å². The summed E-state index contributed by atoms with van der Waals surface area (Å²) in [7, 11) is -3.43. The third-order valence-corrected chi connectivity index (χ3v) is 4.45. The number of nitrogens with zero attached hydrogens (tertiary/aromatic N) is 2. The van der Waals surface area contributed by atoms with E-state index in [1.54, 1.807) is 35.1 Å². The minimum Gasteiger partial charge on any atom is -0.272 e. The summed E-state index contributed by atoms with van der Waals surface area (Å²) in [6, 6.07) is 8.68. The van der Waals surface area contributed by atoms with Crippen LogP contribution in [0.4, 0.5) is 0 Å². The number of aromatic nitrogens is 2. The zero-order valence-corrected chi connectivity index (χ0v) is 12.5. The first-order valence-corrected chi connectivity index (χ1v) is 7.99. The molecule has 5 nitrogen and oxygen atoms in total. The van der Waals surface area contributed by atoms with E-state index in [4.69, 9.17) is 0 Å². The minimum absolute atomic E-state index is 0.162. The third-order valence-electron chi connectivity index (χ3n) is 3.01. The first kappa shape index (κ1) is 14.7. The molecule has 0 saturated carbocycles. The van der Waals surface area contributed by atoms with Crippen molar-refractivity contribution in [1.29, 1.82) is 0 Å². The van der Waals surface area contributed by atoms with E-state index >= 15 is 0 Å². The SMILES string of the molecule is Cc1ccc(S(=O)(=O)NCC(C)Cn2cccn2)cc1. The van der Waals surface area contributed by atoms with Gasteiger partial charge in [0.2, 0.25) is 10.0 Å². The lowest BCUT2D eigenvalue weighted by Gasteiger charge is -2.13. The number of sulfonamides is 1. The molecule has 0 fully saturated rings. The molecule has 0 amide bonds. The number of benzene rings is 1. The van der Waals surface area contributed by atoms with Crippen LogP contribution in [0.2, 0.25) is 0 Å². The van der Waals surface area contributed by atoms with Crippen LogP contribution in [0.3, 0.4) is 0 Å². The molecule has 20 heavy (non-hydrogen) atoms. The van der Waals surface area contributed by atoms with Gasteiger partial charge < -0.3 is 0 Å². The van der Waals surface area contributed by atoms with Gasteiger partial charge in [-0.15, -0.1) is 0 Å². The molecule has 1 aromatic carbocycles. The van der Waals surface area contributed by atoms with E-state index in [1.807, 2.05) is 26.1 Å². The molecule has 1 unspecified atom stereocenters. The van der Waals surface area contributed by atoms with Gasteiger partial charge in [0.15, 0.2) is 0 Å². The van der Waals surface area contributed by atoms with E-state index in [0.29, 0.717) is 18.0 Å². The van der Waals surface area contributed by atoms with Gasteiger partial charge in [-0.25, -0.2) is 13.1 Å². The molecule has 0 aliphatic carbocycles. The molecular formula is C14H19N3O2S. The highest BCUT2D eigenvalue weighted by Crippen LogP contribution is 2.10. The van der Waals surface area contributed by atoms with E-state index in [9.17, 15) is 8.42 Å². The number of hydrogen-bond donors (Lipinski definition) is 1. The van der Waals surface area contributed by atoms with Gasteiger partial charge in [-0.1, -0.05) is 24.6 Å². The second kappa shape index (κ2) is 6.19. The van der Waals surface area contributed by atoms with Gasteiger partial charge in [0.25, 0.3) is 0 Å². The van der Waals surface area contributed by atoms with Crippen LogP contribution in [0.1, 0.15) is 12.5 Å². The maximum Gasteiger partial charge on any atom is 0.240 e. The van der Waals surface area contributed by atoms with Gasteiger partial charge in [0, 0.05) is 25.5 Å². The third kappa shape index (κ3) is 3.91. The van der Waals surface area contributed by atoms with Crippen LogP contribution in [-0.2, 0) is 16.6 Å². The molecule has 1 heterocycles. The van der Waals surface area contributed by atoms with Crippen LogP contribution in [0.15, 0.2) is 47.6 Å². The zero-order valence-electron chi connectivity index (χ0n) is 11.7. The summed E-state index contributed by atoms with van der Waals surface area (Å²) in [5.74, 6) is 0.162. The Morgan fingerprint density at radius 2 is 2.00 bits per heavy atom. The molecule has 108 valence electrons. The van der Waals surface area contributed by atoms with Crippen LogP contribution in [0.25, 0.3) is 0 Å². The minimum atomic E-state index is -3.43. The second-order valence-corrected chi connectivity index (χ2v) is 6.77. The molecule has 0 aliphatic rings. The van der Waals surface area contributed by atoms with Crippen molar-refractivity contribution in [2.24, 2.45) is 5.92 Å². The lowest BCUT2D eigenvalue weighted by atomic mass is 10.2. The lowest BCUT2D eigenvalue weighted by molar-refractivity contribution is 0.443. The maximum atomic E-state index is 12.1. The Bertz CT molecular complexity index is 634. The summed E-state index contributed by atoms with van der Waals surface area (Å²) in [5, 5.41) is 4.11. The van der Waals surface area contributed by atoms with Crippen molar-refractivity contribution in [2.75, 3.05) is 6.54 Å². The van der Waals surface area contributed by atoms with Gasteiger partial charge in [-0.3, -0.25) is 4.68 Å². The topological polar surface area (TPSA) is 64.0 Å². The second-order valence-electron chi connectivity index (χ2n) is 5.00. The van der Waals surface area contributed by atoms with Crippen molar-refractivity contribution in [2.45, 2.75) is 25.3 Å².